The topological polar surface area (TPSA) is 152 Å². The molecule has 1 spiro atoms. The summed E-state index contributed by atoms with van der Waals surface area (Å²) < 4.78 is 12.1. The SMILES string of the molecule is CN(CCNC(=O)[C@@H](N)CCC(=O)O)C(=O)Oc1ccc2c3c1OC1C(=O)CCC4[C@@H](C2)N(C)CC[C@]314. The first-order chi connectivity index (χ1) is 17.6. The highest BCUT2D eigenvalue weighted by molar-refractivity contribution is 5.89. The molecule has 2 aliphatic carbocycles. The zero-order chi connectivity index (χ0) is 26.5. The van der Waals surface area contributed by atoms with E-state index in [1.807, 2.05) is 6.07 Å². The predicted molar refractivity (Wildman–Crippen MR) is 132 cm³/mol. The zero-order valence-electron chi connectivity index (χ0n) is 21.2. The Morgan fingerprint density at radius 2 is 2.16 bits per heavy atom. The Bertz CT molecular complexity index is 1140. The van der Waals surface area contributed by atoms with E-state index >= 15 is 0 Å². The summed E-state index contributed by atoms with van der Waals surface area (Å²) in [5.41, 5.74) is 7.56. The van der Waals surface area contributed by atoms with Crippen LogP contribution in [0.2, 0.25) is 0 Å². The van der Waals surface area contributed by atoms with Crippen molar-refractivity contribution in [2.24, 2.45) is 11.7 Å². The van der Waals surface area contributed by atoms with Crippen LogP contribution in [0.3, 0.4) is 0 Å². The first kappa shape index (κ1) is 25.5. The lowest BCUT2D eigenvalue weighted by Gasteiger charge is -2.57. The number of carbonyl (C=O) groups excluding carboxylic acids is 3. The van der Waals surface area contributed by atoms with Gasteiger partial charge >= 0.3 is 12.1 Å². The lowest BCUT2D eigenvalue weighted by atomic mass is 9.52. The highest BCUT2D eigenvalue weighted by Crippen LogP contribution is 2.63. The number of Topliss-reactive ketones (excluding diaryl/α,β-unsaturated/α-hetero) is 1. The minimum absolute atomic E-state index is 0.0308. The van der Waals surface area contributed by atoms with Gasteiger partial charge in [0.1, 0.15) is 0 Å². The fourth-order valence-corrected chi connectivity index (χ4v) is 6.74. The molecule has 4 N–H and O–H groups in total. The number of amides is 2. The number of benzene rings is 1. The van der Waals surface area contributed by atoms with Crippen molar-refractivity contribution in [3.8, 4) is 11.5 Å². The average Bonchev–Trinajstić information content (AvgIpc) is 3.22. The van der Waals surface area contributed by atoms with Crippen LogP contribution >= 0.6 is 0 Å². The summed E-state index contributed by atoms with van der Waals surface area (Å²) in [6.45, 7) is 1.19. The molecule has 2 bridgehead atoms. The van der Waals surface area contributed by atoms with Gasteiger partial charge in [-0.05, 0) is 56.8 Å². The van der Waals surface area contributed by atoms with Crippen LogP contribution in [-0.4, -0.2) is 90.6 Å². The van der Waals surface area contributed by atoms with Crippen LogP contribution in [0.15, 0.2) is 12.1 Å². The minimum atomic E-state index is -1.02. The summed E-state index contributed by atoms with van der Waals surface area (Å²) in [5, 5.41) is 11.3. The number of piperidine rings is 1. The first-order valence-electron chi connectivity index (χ1n) is 12.9. The van der Waals surface area contributed by atoms with E-state index in [4.69, 9.17) is 20.3 Å². The number of aliphatic carboxylic acids is 1. The van der Waals surface area contributed by atoms with E-state index in [9.17, 15) is 19.2 Å². The molecular formula is C26H34N4O7. The molecule has 5 rings (SSSR count). The molecule has 200 valence electrons. The van der Waals surface area contributed by atoms with Gasteiger partial charge in [-0.2, -0.15) is 0 Å². The molecule has 37 heavy (non-hydrogen) atoms. The Hall–Kier alpha value is -3.18. The normalized spacial score (nSPS) is 28.1. The van der Waals surface area contributed by atoms with Crippen LogP contribution in [0.4, 0.5) is 4.79 Å². The van der Waals surface area contributed by atoms with E-state index in [1.54, 1.807) is 13.1 Å². The van der Waals surface area contributed by atoms with Crippen LogP contribution in [0.1, 0.15) is 43.2 Å². The fourth-order valence-electron chi connectivity index (χ4n) is 6.74. The lowest BCUT2D eigenvalue weighted by Crippen LogP contribution is -2.65. The summed E-state index contributed by atoms with van der Waals surface area (Å²) in [6.07, 6.45) is 1.77. The van der Waals surface area contributed by atoms with Crippen molar-refractivity contribution in [3.63, 3.8) is 0 Å². The number of carbonyl (C=O) groups is 4. The van der Waals surface area contributed by atoms with Gasteiger partial charge in [-0.15, -0.1) is 0 Å². The molecule has 11 heteroatoms. The van der Waals surface area contributed by atoms with Gasteiger partial charge < -0.3 is 35.4 Å². The maximum atomic E-state index is 13.0. The summed E-state index contributed by atoms with van der Waals surface area (Å²) in [5.74, 6) is -0.211. The van der Waals surface area contributed by atoms with E-state index < -0.39 is 30.1 Å². The number of carboxylic acids is 1. The predicted octanol–water partition coefficient (Wildman–Crippen LogP) is 0.664. The molecular weight excluding hydrogens is 480 g/mol. The van der Waals surface area contributed by atoms with Crippen LogP contribution in [-0.2, 0) is 26.2 Å². The van der Waals surface area contributed by atoms with Crippen molar-refractivity contribution >= 4 is 23.8 Å². The second-order valence-corrected chi connectivity index (χ2v) is 10.7. The van der Waals surface area contributed by atoms with Gasteiger partial charge in [0.25, 0.3) is 0 Å². The molecule has 0 radical (unpaired) electrons. The number of hydrogen-bond donors (Lipinski definition) is 3. The Morgan fingerprint density at radius 3 is 2.92 bits per heavy atom. The van der Waals surface area contributed by atoms with E-state index in [2.05, 4.69) is 17.3 Å². The number of carboxylic acid groups (broad SMARTS) is 1. The quantitative estimate of drug-likeness (QED) is 0.454. The molecule has 2 heterocycles. The number of nitrogens with zero attached hydrogens (tertiary/aromatic N) is 2. The number of nitrogens with one attached hydrogen (secondary N) is 1. The lowest BCUT2D eigenvalue weighted by molar-refractivity contribution is -0.138. The van der Waals surface area contributed by atoms with Gasteiger partial charge in [0.05, 0.1) is 6.04 Å². The van der Waals surface area contributed by atoms with Gasteiger partial charge in [-0.1, -0.05) is 6.07 Å². The molecule has 1 aromatic rings. The monoisotopic (exact) mass is 514 g/mol. The van der Waals surface area contributed by atoms with Crippen LogP contribution in [0, 0.1) is 5.92 Å². The van der Waals surface area contributed by atoms with Gasteiger partial charge in [0.15, 0.2) is 23.4 Å². The van der Waals surface area contributed by atoms with E-state index in [-0.39, 0.29) is 37.1 Å². The van der Waals surface area contributed by atoms with Crippen LogP contribution in [0.5, 0.6) is 11.5 Å². The van der Waals surface area contributed by atoms with Crippen molar-refractivity contribution in [1.82, 2.24) is 15.1 Å². The molecule has 2 aliphatic heterocycles. The smallest absolute Gasteiger partial charge is 0.415 e. The van der Waals surface area contributed by atoms with Gasteiger partial charge in [0, 0.05) is 50.0 Å². The van der Waals surface area contributed by atoms with Gasteiger partial charge in [0.2, 0.25) is 5.91 Å². The highest BCUT2D eigenvalue weighted by Gasteiger charge is 2.65. The van der Waals surface area contributed by atoms with E-state index in [0.29, 0.717) is 29.9 Å². The zero-order valence-corrected chi connectivity index (χ0v) is 21.2. The van der Waals surface area contributed by atoms with Crippen LogP contribution in [0.25, 0.3) is 0 Å². The van der Waals surface area contributed by atoms with Crippen molar-refractivity contribution < 1.29 is 33.8 Å². The molecule has 1 aromatic carbocycles. The van der Waals surface area contributed by atoms with Crippen molar-refractivity contribution in [2.45, 2.75) is 62.1 Å². The van der Waals surface area contributed by atoms with Crippen molar-refractivity contribution in [2.75, 3.05) is 33.7 Å². The third kappa shape index (κ3) is 4.23. The molecule has 5 atom stereocenters. The largest absolute Gasteiger partial charge is 0.481 e. The summed E-state index contributed by atoms with van der Waals surface area (Å²) in [6, 6.07) is 3.18. The Morgan fingerprint density at radius 1 is 1.38 bits per heavy atom. The summed E-state index contributed by atoms with van der Waals surface area (Å²) in [4.78, 5) is 52.3. The second kappa shape index (κ2) is 9.60. The number of ether oxygens (including phenoxy) is 2. The van der Waals surface area contributed by atoms with Gasteiger partial charge in [-0.25, -0.2) is 4.79 Å². The standard InChI is InChI=1S/C26H34N4O7/c1-29-11-9-26-15-4-6-18(31)23(26)37-22-19(7-3-14(21(22)26)13-17(15)29)36-25(35)30(2)12-10-28-24(34)16(27)5-8-20(32)33/h3,7,15-17,23H,4-6,8-13,27H2,1-2H3,(H,28,34)(H,32,33)/t15?,16-,17+,23?,26-/m0/s1. The number of hydrogen-bond acceptors (Lipinski definition) is 8. The number of nitrogens with two attached hydrogens (primary N) is 1. The second-order valence-electron chi connectivity index (χ2n) is 10.7. The van der Waals surface area contributed by atoms with Crippen molar-refractivity contribution in [3.05, 3.63) is 23.3 Å². The molecule has 2 amide bonds. The molecule has 11 nitrogen and oxygen atoms in total. The molecule has 4 aliphatic rings. The number of likely N-dealkylation sites (tertiary alicyclic amines) is 1. The minimum Gasteiger partial charge on any atom is -0.481 e. The Kier molecular flexibility index (Phi) is 6.61. The average molecular weight is 515 g/mol. The summed E-state index contributed by atoms with van der Waals surface area (Å²) >= 11 is 0. The molecule has 2 unspecified atom stereocenters. The van der Waals surface area contributed by atoms with Crippen LogP contribution < -0.4 is 20.5 Å². The maximum Gasteiger partial charge on any atom is 0.415 e. The molecule has 1 saturated carbocycles. The molecule has 1 saturated heterocycles. The fraction of sp³-hybridized carbons (Fsp3) is 0.615. The number of likely N-dealkylation sites (N-methyl/N-ethyl adjacent to an activating group) is 2. The number of rotatable bonds is 8. The van der Waals surface area contributed by atoms with E-state index in [1.165, 1.54) is 4.90 Å². The van der Waals surface area contributed by atoms with E-state index in [0.717, 1.165) is 36.9 Å². The highest BCUT2D eigenvalue weighted by atomic mass is 16.6. The third-order valence-corrected chi connectivity index (χ3v) is 8.63. The molecule has 0 aromatic heterocycles. The Balaban J connectivity index is 1.27. The third-order valence-electron chi connectivity index (χ3n) is 8.63. The Labute approximate surface area is 215 Å². The number of ketones is 1. The molecule has 2 fully saturated rings. The maximum absolute atomic E-state index is 13.0. The van der Waals surface area contributed by atoms with Crippen molar-refractivity contribution in [1.29, 1.82) is 0 Å². The van der Waals surface area contributed by atoms with Gasteiger partial charge in [-0.3, -0.25) is 14.4 Å². The summed E-state index contributed by atoms with van der Waals surface area (Å²) in [7, 11) is 3.71. The first-order valence-corrected chi connectivity index (χ1v) is 12.9.